The summed E-state index contributed by atoms with van der Waals surface area (Å²) in [4.78, 5) is 26.7. The first-order chi connectivity index (χ1) is 12.2. The Hall–Kier alpha value is -0.930. The smallest absolute Gasteiger partial charge is 0.408 e. The van der Waals surface area contributed by atoms with Crippen molar-refractivity contribution in [1.82, 2.24) is 10.6 Å². The molecule has 27 heavy (non-hydrogen) atoms. The average molecular weight is 466 g/mol. The highest BCUT2D eigenvalue weighted by Crippen LogP contribution is 2.20. The molecule has 0 bridgehead atoms. The van der Waals surface area contributed by atoms with Crippen LogP contribution >= 0.6 is 27.5 Å². The van der Waals surface area contributed by atoms with Crippen LogP contribution in [0.1, 0.15) is 80.6 Å². The predicted molar refractivity (Wildman–Crippen MR) is 115 cm³/mol. The quantitative estimate of drug-likeness (QED) is 0.368. The van der Waals surface area contributed by atoms with Crippen molar-refractivity contribution in [3.8, 4) is 10.8 Å². The highest BCUT2D eigenvalue weighted by atomic mass is 79.9. The summed E-state index contributed by atoms with van der Waals surface area (Å²) in [6.07, 6.45) is 2.75. The molecule has 0 aliphatic heterocycles. The van der Waals surface area contributed by atoms with Crippen LogP contribution in [-0.4, -0.2) is 34.1 Å². The second-order valence-corrected chi connectivity index (χ2v) is 9.96. The largest absolute Gasteiger partial charge is 0.444 e. The van der Waals surface area contributed by atoms with E-state index in [2.05, 4.69) is 37.3 Å². The molecule has 2 N–H and O–H groups in total. The third-order valence-corrected chi connectivity index (χ3v) is 4.32. The summed E-state index contributed by atoms with van der Waals surface area (Å²) >= 11 is 9.01. The Morgan fingerprint density at radius 2 is 1.56 bits per heavy atom. The van der Waals surface area contributed by atoms with Crippen molar-refractivity contribution in [3.05, 3.63) is 0 Å². The molecule has 0 saturated heterocycles. The van der Waals surface area contributed by atoms with Gasteiger partial charge in [-0.3, -0.25) is 4.79 Å². The van der Waals surface area contributed by atoms with Gasteiger partial charge in [0.1, 0.15) is 5.60 Å². The summed E-state index contributed by atoms with van der Waals surface area (Å²) in [5.74, 6) is 2.78. The number of carbonyl (C=O) groups excluding carboxylic acids is 2. The number of ether oxygens (including phenoxy) is 1. The number of hydrogen-bond acceptors (Lipinski definition) is 3. The van der Waals surface area contributed by atoms with Crippen LogP contribution in [0.3, 0.4) is 0 Å². The highest BCUT2D eigenvalue weighted by molar-refractivity contribution is 9.12. The number of hydrogen-bond donors (Lipinski definition) is 2. The van der Waals surface area contributed by atoms with Gasteiger partial charge in [0.05, 0.1) is 5.38 Å². The van der Waals surface area contributed by atoms with Gasteiger partial charge in [-0.15, -0.1) is 11.6 Å². The Kier molecular flexibility index (Phi) is 10.8. The lowest BCUT2D eigenvalue weighted by Crippen LogP contribution is -2.49. The van der Waals surface area contributed by atoms with Crippen molar-refractivity contribution in [2.45, 2.75) is 103 Å². The predicted octanol–water partition coefficient (Wildman–Crippen LogP) is 5.10. The maximum atomic E-state index is 12.2. The Labute approximate surface area is 177 Å². The van der Waals surface area contributed by atoms with E-state index in [9.17, 15) is 9.59 Å². The summed E-state index contributed by atoms with van der Waals surface area (Å²) in [6, 6.07) is 0. The number of alkyl carbamates (subject to hydrolysis) is 1. The van der Waals surface area contributed by atoms with Crippen molar-refractivity contribution >= 4 is 39.5 Å². The molecule has 1 atom stereocenters. The van der Waals surface area contributed by atoms with E-state index in [0.29, 0.717) is 32.1 Å². The Balaban J connectivity index is 4.37. The lowest BCUT2D eigenvalue weighted by molar-refractivity contribution is -0.122. The van der Waals surface area contributed by atoms with Gasteiger partial charge < -0.3 is 15.4 Å². The Morgan fingerprint density at radius 1 is 1.04 bits per heavy atom. The summed E-state index contributed by atoms with van der Waals surface area (Å²) in [5, 5.41) is 5.70. The summed E-state index contributed by atoms with van der Waals surface area (Å²) in [7, 11) is 0. The summed E-state index contributed by atoms with van der Waals surface area (Å²) < 4.78 is 5.31. The Bertz CT molecular complexity index is 560. The van der Waals surface area contributed by atoms with E-state index in [0.717, 1.165) is 0 Å². The van der Waals surface area contributed by atoms with Gasteiger partial charge in [-0.2, -0.15) is 0 Å². The maximum absolute atomic E-state index is 12.2. The number of rotatable bonds is 9. The third kappa shape index (κ3) is 14.8. The normalized spacial score (nSPS) is 13.2. The first kappa shape index (κ1) is 26.1. The van der Waals surface area contributed by atoms with E-state index in [-0.39, 0.29) is 16.8 Å². The molecule has 5 nitrogen and oxygen atoms in total. The van der Waals surface area contributed by atoms with Gasteiger partial charge in [0.25, 0.3) is 0 Å². The fraction of sp³-hybridized carbons (Fsp3) is 0.800. The molecule has 0 aliphatic carbocycles. The van der Waals surface area contributed by atoms with Gasteiger partial charge >= 0.3 is 6.09 Å². The van der Waals surface area contributed by atoms with Gasteiger partial charge in [0, 0.05) is 33.4 Å². The molecule has 0 saturated carbocycles. The molecule has 0 heterocycles. The number of amides is 2. The topological polar surface area (TPSA) is 67.4 Å². The molecule has 0 rings (SSSR count). The standard InChI is InChI=1S/C20H34BrClN2O3/c1-18(2,3)27-17(26)24-20(6,7)13-12-19(4,5)23-16(25)10-8-9-15(22)11-14-21/h15H,8-10,12-13H2,1-7H3,(H,23,25)(H,24,26). The van der Waals surface area contributed by atoms with Crippen LogP contribution in [0.2, 0.25) is 0 Å². The summed E-state index contributed by atoms with van der Waals surface area (Å²) in [6.45, 7) is 13.3. The molecule has 0 radical (unpaired) electrons. The molecule has 0 aromatic heterocycles. The average Bonchev–Trinajstić information content (AvgIpc) is 2.42. The van der Waals surface area contributed by atoms with Crippen molar-refractivity contribution in [3.63, 3.8) is 0 Å². The monoisotopic (exact) mass is 464 g/mol. The molecule has 2 amide bonds. The van der Waals surface area contributed by atoms with Crippen molar-refractivity contribution < 1.29 is 14.3 Å². The van der Waals surface area contributed by atoms with Crippen LogP contribution in [0.5, 0.6) is 0 Å². The zero-order valence-electron chi connectivity index (χ0n) is 17.6. The lowest BCUT2D eigenvalue weighted by atomic mass is 9.89. The van der Waals surface area contributed by atoms with Gasteiger partial charge in [0.2, 0.25) is 5.91 Å². The molecule has 0 spiro atoms. The number of nitrogens with one attached hydrogen (secondary N) is 2. The van der Waals surface area contributed by atoms with Gasteiger partial charge in [-0.1, -0.05) is 5.92 Å². The van der Waals surface area contributed by atoms with Gasteiger partial charge in [-0.25, -0.2) is 4.79 Å². The van der Waals surface area contributed by atoms with Crippen LogP contribution in [0.25, 0.3) is 0 Å². The fourth-order valence-corrected chi connectivity index (χ4v) is 2.96. The van der Waals surface area contributed by atoms with Gasteiger partial charge in [0.15, 0.2) is 0 Å². The molecule has 0 fully saturated rings. The minimum absolute atomic E-state index is 0.00595. The van der Waals surface area contributed by atoms with Crippen LogP contribution in [-0.2, 0) is 9.53 Å². The van der Waals surface area contributed by atoms with E-state index < -0.39 is 17.2 Å². The second-order valence-electron chi connectivity index (χ2n) is 9.04. The minimum atomic E-state index is -0.532. The molecule has 7 heteroatoms. The Morgan fingerprint density at radius 3 is 2.04 bits per heavy atom. The molecular weight excluding hydrogens is 432 g/mol. The summed E-state index contributed by atoms with van der Waals surface area (Å²) in [5.41, 5.74) is -1.35. The molecule has 0 aliphatic rings. The number of carbonyl (C=O) groups is 2. The molecule has 0 aromatic rings. The van der Waals surface area contributed by atoms with Crippen molar-refractivity contribution in [1.29, 1.82) is 0 Å². The van der Waals surface area contributed by atoms with Crippen LogP contribution in [0, 0.1) is 10.8 Å². The molecule has 156 valence electrons. The zero-order chi connectivity index (χ0) is 21.3. The van der Waals surface area contributed by atoms with Crippen molar-refractivity contribution in [2.24, 2.45) is 0 Å². The van der Waals surface area contributed by atoms with E-state index in [1.165, 1.54) is 0 Å². The minimum Gasteiger partial charge on any atom is -0.444 e. The zero-order valence-corrected chi connectivity index (χ0v) is 19.9. The highest BCUT2D eigenvalue weighted by Gasteiger charge is 2.28. The van der Waals surface area contributed by atoms with E-state index >= 15 is 0 Å². The lowest BCUT2D eigenvalue weighted by Gasteiger charge is -2.33. The first-order valence-corrected chi connectivity index (χ1v) is 10.5. The molecular formula is C20H34BrClN2O3. The molecule has 1 unspecified atom stereocenters. The van der Waals surface area contributed by atoms with E-state index in [4.69, 9.17) is 16.3 Å². The van der Waals surface area contributed by atoms with E-state index in [1.807, 2.05) is 48.5 Å². The van der Waals surface area contributed by atoms with Crippen LogP contribution < -0.4 is 10.6 Å². The van der Waals surface area contributed by atoms with Crippen LogP contribution in [0.15, 0.2) is 0 Å². The maximum Gasteiger partial charge on any atom is 0.408 e. The van der Waals surface area contributed by atoms with Gasteiger partial charge in [-0.05, 0) is 79.0 Å². The fourth-order valence-electron chi connectivity index (χ4n) is 2.34. The number of halogens is 2. The third-order valence-electron chi connectivity index (χ3n) is 3.76. The molecule has 0 aromatic carbocycles. The second kappa shape index (κ2) is 11.2. The first-order valence-electron chi connectivity index (χ1n) is 9.23. The van der Waals surface area contributed by atoms with Crippen LogP contribution in [0.4, 0.5) is 4.79 Å². The SMILES string of the molecule is CC(C)(CCC(C)(C)NC(=O)OC(C)(C)C)NC(=O)CCCC(Cl)C#CBr. The number of alkyl halides is 1. The van der Waals surface area contributed by atoms with Crippen molar-refractivity contribution in [2.75, 3.05) is 0 Å². The van der Waals surface area contributed by atoms with E-state index in [1.54, 1.807) is 0 Å².